The van der Waals surface area contributed by atoms with Crippen LogP contribution in [0.5, 0.6) is 0 Å². The third kappa shape index (κ3) is 4.52. The van der Waals surface area contributed by atoms with Gasteiger partial charge >= 0.3 is 6.09 Å². The zero-order valence-corrected chi connectivity index (χ0v) is 22.7. The maximum absolute atomic E-state index is 13.9. The Morgan fingerprint density at radius 1 is 0.950 bits per heavy atom. The van der Waals surface area contributed by atoms with Crippen LogP contribution in [-0.2, 0) is 27.5 Å². The largest absolute Gasteiger partial charge is 0.444 e. The number of hydrogen-bond donors (Lipinski definition) is 0. The van der Waals surface area contributed by atoms with Gasteiger partial charge in [-0.25, -0.2) is 18.2 Å². The fraction of sp³-hybridized carbons (Fsp3) is 0.194. The van der Waals surface area contributed by atoms with Crippen molar-refractivity contribution in [3.05, 3.63) is 134 Å². The topological polar surface area (TPSA) is 98.6 Å². The van der Waals surface area contributed by atoms with E-state index in [4.69, 9.17) is 9.72 Å². The number of rotatable bonds is 5. The van der Waals surface area contributed by atoms with Crippen molar-refractivity contribution in [1.29, 1.82) is 0 Å². The van der Waals surface area contributed by atoms with Crippen LogP contribution in [0, 0.1) is 6.92 Å². The van der Waals surface area contributed by atoms with E-state index in [-0.39, 0.29) is 41.1 Å². The van der Waals surface area contributed by atoms with Crippen LogP contribution in [0.4, 0.5) is 4.79 Å². The van der Waals surface area contributed by atoms with Crippen LogP contribution in [0.2, 0.25) is 0 Å². The molecule has 40 heavy (non-hydrogen) atoms. The van der Waals surface area contributed by atoms with Gasteiger partial charge in [-0.15, -0.1) is 0 Å². The monoisotopic (exact) mass is 553 g/mol. The standard InChI is InChI=1S/C31H27N3O5S/c1-21-32-27-19-33(31(36)39-20-25-18-24-14-8-9-15-28(24)40(25,37)38)17-16-26(27)30(35)34(21)29(22-10-4-2-5-11-22)23-12-6-3-7-13-23/h2-15,18,29H,16-17,19-20H2,1H3. The van der Waals surface area contributed by atoms with E-state index in [0.717, 1.165) is 11.1 Å². The van der Waals surface area contributed by atoms with Gasteiger partial charge in [-0.3, -0.25) is 9.36 Å². The number of nitrogens with zero attached hydrogens (tertiary/aromatic N) is 3. The minimum Gasteiger partial charge on any atom is -0.444 e. The third-order valence-corrected chi connectivity index (χ3v) is 9.28. The highest BCUT2D eigenvalue weighted by molar-refractivity contribution is 7.95. The smallest absolute Gasteiger partial charge is 0.410 e. The lowest BCUT2D eigenvalue weighted by atomic mass is 9.97. The number of carbonyl (C=O) groups is 1. The summed E-state index contributed by atoms with van der Waals surface area (Å²) < 4.78 is 32.7. The van der Waals surface area contributed by atoms with E-state index in [9.17, 15) is 18.0 Å². The van der Waals surface area contributed by atoms with Gasteiger partial charge in [-0.05, 0) is 42.2 Å². The average molecular weight is 554 g/mol. The second-order valence-corrected chi connectivity index (χ2v) is 11.8. The van der Waals surface area contributed by atoms with Crippen molar-refractivity contribution in [3.8, 4) is 0 Å². The zero-order valence-electron chi connectivity index (χ0n) is 21.9. The number of sulfone groups is 1. The van der Waals surface area contributed by atoms with Crippen molar-refractivity contribution < 1.29 is 17.9 Å². The van der Waals surface area contributed by atoms with Gasteiger partial charge in [0, 0.05) is 12.1 Å². The van der Waals surface area contributed by atoms with E-state index in [0.29, 0.717) is 29.1 Å². The Hall–Kier alpha value is -4.50. The molecule has 3 aromatic carbocycles. The van der Waals surface area contributed by atoms with Crippen LogP contribution in [0.1, 0.15) is 39.8 Å². The van der Waals surface area contributed by atoms with Gasteiger partial charge in [0.15, 0.2) is 0 Å². The highest BCUT2D eigenvalue weighted by Gasteiger charge is 2.32. The lowest BCUT2D eigenvalue weighted by Gasteiger charge is -2.30. The molecule has 0 fully saturated rings. The van der Waals surface area contributed by atoms with Crippen LogP contribution in [0.15, 0.2) is 99.5 Å². The van der Waals surface area contributed by atoms with Gasteiger partial charge in [0.2, 0.25) is 9.84 Å². The van der Waals surface area contributed by atoms with E-state index in [1.165, 1.54) is 11.0 Å². The van der Waals surface area contributed by atoms with Crippen molar-refractivity contribution in [1.82, 2.24) is 14.5 Å². The summed E-state index contributed by atoms with van der Waals surface area (Å²) in [6.07, 6.45) is 1.21. The van der Waals surface area contributed by atoms with Gasteiger partial charge in [0.25, 0.3) is 5.56 Å². The SMILES string of the molecule is Cc1nc2c(c(=O)n1C(c1ccccc1)c1ccccc1)CCN(C(=O)OCC1=Cc3ccccc3S1(=O)=O)C2. The molecule has 0 N–H and O–H groups in total. The first-order valence-corrected chi connectivity index (χ1v) is 14.5. The van der Waals surface area contributed by atoms with Gasteiger partial charge in [-0.2, -0.15) is 0 Å². The maximum atomic E-state index is 13.9. The summed E-state index contributed by atoms with van der Waals surface area (Å²) in [7, 11) is -3.68. The predicted octanol–water partition coefficient (Wildman–Crippen LogP) is 4.51. The number of ether oxygens (including phenoxy) is 1. The van der Waals surface area contributed by atoms with Gasteiger partial charge in [0.05, 0.1) is 28.1 Å². The van der Waals surface area contributed by atoms with Crippen molar-refractivity contribution >= 4 is 22.0 Å². The molecular formula is C31H27N3O5S. The molecule has 202 valence electrons. The summed E-state index contributed by atoms with van der Waals surface area (Å²) in [5.74, 6) is 0.539. The minimum absolute atomic E-state index is 0.0455. The summed E-state index contributed by atoms with van der Waals surface area (Å²) in [5.41, 5.74) is 3.50. The third-order valence-electron chi connectivity index (χ3n) is 7.40. The molecule has 0 unspecified atom stereocenters. The van der Waals surface area contributed by atoms with E-state index in [1.54, 1.807) is 35.8 Å². The van der Waals surface area contributed by atoms with E-state index in [1.807, 2.05) is 60.7 Å². The molecule has 2 aliphatic rings. The molecule has 3 heterocycles. The zero-order chi connectivity index (χ0) is 27.9. The molecule has 0 bridgehead atoms. The van der Waals surface area contributed by atoms with Crippen LogP contribution in [-0.4, -0.2) is 42.1 Å². The number of carbonyl (C=O) groups excluding carboxylic acids is 1. The van der Waals surface area contributed by atoms with Crippen molar-refractivity contribution in [3.63, 3.8) is 0 Å². The van der Waals surface area contributed by atoms with E-state index in [2.05, 4.69) is 0 Å². The quantitative estimate of drug-likeness (QED) is 0.361. The number of benzene rings is 3. The van der Waals surface area contributed by atoms with Crippen LogP contribution >= 0.6 is 0 Å². The molecule has 0 radical (unpaired) electrons. The molecule has 8 nitrogen and oxygen atoms in total. The van der Waals surface area contributed by atoms with E-state index >= 15 is 0 Å². The normalized spacial score (nSPS) is 15.3. The first-order valence-electron chi connectivity index (χ1n) is 13.0. The lowest BCUT2D eigenvalue weighted by Crippen LogP contribution is -2.42. The van der Waals surface area contributed by atoms with Crippen LogP contribution in [0.25, 0.3) is 6.08 Å². The average Bonchev–Trinajstić information content (AvgIpc) is 3.24. The summed E-state index contributed by atoms with van der Waals surface area (Å²) in [4.78, 5) is 33.3. The summed E-state index contributed by atoms with van der Waals surface area (Å²) in [5, 5.41) is 0. The first-order chi connectivity index (χ1) is 19.3. The molecule has 9 heteroatoms. The second kappa shape index (κ2) is 10.2. The molecule has 0 spiro atoms. The number of hydrogen-bond acceptors (Lipinski definition) is 6. The minimum atomic E-state index is -3.68. The summed E-state index contributed by atoms with van der Waals surface area (Å²) >= 11 is 0. The van der Waals surface area contributed by atoms with Crippen molar-refractivity contribution in [2.24, 2.45) is 0 Å². The predicted molar refractivity (Wildman–Crippen MR) is 150 cm³/mol. The molecule has 1 amide bonds. The van der Waals surface area contributed by atoms with Crippen LogP contribution in [0.3, 0.4) is 0 Å². The van der Waals surface area contributed by atoms with Crippen LogP contribution < -0.4 is 5.56 Å². The molecular weight excluding hydrogens is 526 g/mol. The Bertz CT molecular complexity index is 1760. The van der Waals surface area contributed by atoms with Gasteiger partial charge < -0.3 is 9.64 Å². The van der Waals surface area contributed by atoms with Gasteiger partial charge in [0.1, 0.15) is 12.4 Å². The van der Waals surface area contributed by atoms with Crippen molar-refractivity contribution in [2.45, 2.75) is 30.8 Å². The molecule has 1 aromatic heterocycles. The Balaban J connectivity index is 1.24. The maximum Gasteiger partial charge on any atom is 0.410 e. The van der Waals surface area contributed by atoms with Gasteiger partial charge in [-0.1, -0.05) is 78.9 Å². The summed E-state index contributed by atoms with van der Waals surface area (Å²) in [6, 6.07) is 26.0. The highest BCUT2D eigenvalue weighted by Crippen LogP contribution is 2.33. The Kier molecular flexibility index (Phi) is 6.59. The highest BCUT2D eigenvalue weighted by atomic mass is 32.2. The number of amides is 1. The fourth-order valence-electron chi connectivity index (χ4n) is 5.42. The number of fused-ring (bicyclic) bond motifs is 2. The molecule has 0 saturated heterocycles. The molecule has 0 atom stereocenters. The first kappa shape index (κ1) is 25.8. The Morgan fingerprint density at radius 2 is 1.57 bits per heavy atom. The summed E-state index contributed by atoms with van der Waals surface area (Å²) in [6.45, 7) is 1.81. The van der Waals surface area contributed by atoms with Crippen molar-refractivity contribution in [2.75, 3.05) is 13.2 Å². The Morgan fingerprint density at radius 3 is 2.23 bits per heavy atom. The molecule has 2 aliphatic heterocycles. The molecule has 0 saturated carbocycles. The van der Waals surface area contributed by atoms with E-state index < -0.39 is 15.9 Å². The number of aromatic nitrogens is 2. The molecule has 4 aromatic rings. The second-order valence-electron chi connectivity index (χ2n) is 9.86. The lowest BCUT2D eigenvalue weighted by molar-refractivity contribution is 0.106. The number of aryl methyl sites for hydroxylation is 1. The molecule has 6 rings (SSSR count). The molecule has 0 aliphatic carbocycles. The fourth-order valence-corrected chi connectivity index (χ4v) is 6.90. The Labute approximate surface area is 232 Å².